The van der Waals surface area contributed by atoms with Gasteiger partial charge in [-0.3, -0.25) is 4.79 Å². The highest BCUT2D eigenvalue weighted by molar-refractivity contribution is 7.80. The zero-order valence-electron chi connectivity index (χ0n) is 11.0. The van der Waals surface area contributed by atoms with E-state index in [0.717, 1.165) is 13.0 Å². The van der Waals surface area contributed by atoms with Crippen LogP contribution in [0.3, 0.4) is 0 Å². The Morgan fingerprint density at radius 2 is 2.11 bits per heavy atom. The molecule has 0 aliphatic rings. The third-order valence-electron chi connectivity index (χ3n) is 2.35. The molecule has 0 fully saturated rings. The minimum absolute atomic E-state index is 0.0792. The van der Waals surface area contributed by atoms with Crippen LogP contribution in [0.15, 0.2) is 29.2 Å². The van der Waals surface area contributed by atoms with E-state index in [0.29, 0.717) is 29.5 Å². The Labute approximate surface area is 114 Å². The van der Waals surface area contributed by atoms with E-state index in [1.165, 1.54) is 0 Å². The van der Waals surface area contributed by atoms with Gasteiger partial charge in [0.2, 0.25) is 0 Å². The number of nitrogens with one attached hydrogen (secondary N) is 1. The van der Waals surface area contributed by atoms with E-state index in [1.807, 2.05) is 18.2 Å². The summed E-state index contributed by atoms with van der Waals surface area (Å²) in [6, 6.07) is 7.27. The summed E-state index contributed by atoms with van der Waals surface area (Å²) in [6.07, 6.45) is 0.827. The first-order chi connectivity index (χ1) is 8.61. The molecule has 0 atom stereocenters. The van der Waals surface area contributed by atoms with Gasteiger partial charge in [0, 0.05) is 24.7 Å². The van der Waals surface area contributed by atoms with Crippen LogP contribution in [0.4, 0.5) is 0 Å². The molecule has 0 saturated heterocycles. The lowest BCUT2D eigenvalue weighted by Crippen LogP contribution is -2.25. The predicted octanol–water partition coefficient (Wildman–Crippen LogP) is 2.77. The zero-order chi connectivity index (χ0) is 13.4. The molecule has 0 aliphatic carbocycles. The fourth-order valence-corrected chi connectivity index (χ4v) is 1.72. The van der Waals surface area contributed by atoms with Crippen molar-refractivity contribution in [3.05, 3.63) is 29.8 Å². The van der Waals surface area contributed by atoms with Gasteiger partial charge in [-0.25, -0.2) is 0 Å². The number of amides is 1. The number of carbonyl (C=O) groups excluding carboxylic acids is 1. The molecule has 1 rings (SSSR count). The molecule has 18 heavy (non-hydrogen) atoms. The third-order valence-corrected chi connectivity index (χ3v) is 2.74. The molecule has 1 aromatic rings. The Morgan fingerprint density at radius 1 is 1.39 bits per heavy atom. The van der Waals surface area contributed by atoms with Crippen LogP contribution in [0.2, 0.25) is 0 Å². The Hall–Kier alpha value is -1.00. The molecule has 1 N–H and O–H groups in total. The minimum atomic E-state index is -0.0792. The topological polar surface area (TPSA) is 38.3 Å². The molecular formula is C14H21NO2S. The van der Waals surface area contributed by atoms with Crippen molar-refractivity contribution < 1.29 is 9.53 Å². The highest BCUT2D eigenvalue weighted by atomic mass is 32.1. The first-order valence-electron chi connectivity index (χ1n) is 6.25. The normalized spacial score (nSPS) is 10.7. The zero-order valence-corrected chi connectivity index (χ0v) is 11.9. The fourth-order valence-electron chi connectivity index (χ4n) is 1.46. The summed E-state index contributed by atoms with van der Waals surface area (Å²) in [6.45, 7) is 6.31. The second kappa shape index (κ2) is 8.16. The van der Waals surface area contributed by atoms with Crippen molar-refractivity contribution in [3.8, 4) is 0 Å². The molecule has 0 aromatic heterocycles. The molecule has 4 heteroatoms. The lowest BCUT2D eigenvalue weighted by Gasteiger charge is -2.08. The maximum Gasteiger partial charge on any atom is 0.252 e. The molecular weight excluding hydrogens is 246 g/mol. The maximum absolute atomic E-state index is 11.8. The van der Waals surface area contributed by atoms with Crippen LogP contribution >= 0.6 is 12.6 Å². The monoisotopic (exact) mass is 267 g/mol. The van der Waals surface area contributed by atoms with E-state index in [1.54, 1.807) is 6.07 Å². The van der Waals surface area contributed by atoms with Crippen molar-refractivity contribution in [2.45, 2.75) is 25.2 Å². The highest BCUT2D eigenvalue weighted by Gasteiger charge is 2.07. The van der Waals surface area contributed by atoms with Gasteiger partial charge in [0.1, 0.15) is 0 Å². The minimum Gasteiger partial charge on any atom is -0.381 e. The number of hydrogen-bond acceptors (Lipinski definition) is 3. The molecule has 0 spiro atoms. The molecule has 1 aromatic carbocycles. The van der Waals surface area contributed by atoms with Crippen LogP contribution in [-0.4, -0.2) is 25.7 Å². The molecule has 0 bridgehead atoms. The van der Waals surface area contributed by atoms with Gasteiger partial charge in [-0.2, -0.15) is 0 Å². The van der Waals surface area contributed by atoms with Crippen LogP contribution in [0, 0.1) is 5.92 Å². The third kappa shape index (κ3) is 5.56. The summed E-state index contributed by atoms with van der Waals surface area (Å²) in [4.78, 5) is 12.5. The molecule has 100 valence electrons. The predicted molar refractivity (Wildman–Crippen MR) is 76.3 cm³/mol. The Bertz CT molecular complexity index is 380. The van der Waals surface area contributed by atoms with Crippen molar-refractivity contribution in [2.24, 2.45) is 5.92 Å². The number of thiol groups is 1. The molecule has 3 nitrogen and oxygen atoms in total. The van der Waals surface area contributed by atoms with Crippen LogP contribution < -0.4 is 5.32 Å². The van der Waals surface area contributed by atoms with Gasteiger partial charge in [0.15, 0.2) is 0 Å². The summed E-state index contributed by atoms with van der Waals surface area (Å²) in [5.41, 5.74) is 0.615. The van der Waals surface area contributed by atoms with Gasteiger partial charge in [-0.15, -0.1) is 12.6 Å². The van der Waals surface area contributed by atoms with Crippen molar-refractivity contribution in [1.29, 1.82) is 0 Å². The average molecular weight is 267 g/mol. The second-order valence-electron chi connectivity index (χ2n) is 4.60. The van der Waals surface area contributed by atoms with Gasteiger partial charge in [0.05, 0.1) is 5.56 Å². The van der Waals surface area contributed by atoms with Gasteiger partial charge in [-0.1, -0.05) is 26.0 Å². The summed E-state index contributed by atoms with van der Waals surface area (Å²) in [5.74, 6) is 0.472. The second-order valence-corrected chi connectivity index (χ2v) is 5.08. The summed E-state index contributed by atoms with van der Waals surface area (Å²) >= 11 is 4.25. The molecule has 0 radical (unpaired) electrons. The van der Waals surface area contributed by atoms with E-state index in [9.17, 15) is 4.79 Å². The largest absolute Gasteiger partial charge is 0.381 e. The standard InChI is InChI=1S/C14H21NO2S/c1-11(2)10-17-9-5-8-15-14(16)12-6-3-4-7-13(12)18/h3-4,6-7,11,18H,5,8-10H2,1-2H3,(H,15,16). The first kappa shape index (κ1) is 15.1. The SMILES string of the molecule is CC(C)COCCCNC(=O)c1ccccc1S. The van der Waals surface area contributed by atoms with Crippen molar-refractivity contribution in [2.75, 3.05) is 19.8 Å². The summed E-state index contributed by atoms with van der Waals surface area (Å²) in [7, 11) is 0. The number of carbonyl (C=O) groups is 1. The molecule has 0 aliphatic heterocycles. The summed E-state index contributed by atoms with van der Waals surface area (Å²) < 4.78 is 5.44. The van der Waals surface area contributed by atoms with E-state index >= 15 is 0 Å². The maximum atomic E-state index is 11.8. The van der Waals surface area contributed by atoms with Crippen LogP contribution in [0.1, 0.15) is 30.6 Å². The van der Waals surface area contributed by atoms with E-state index in [-0.39, 0.29) is 5.91 Å². The average Bonchev–Trinajstić information content (AvgIpc) is 2.33. The molecule has 0 saturated carbocycles. The molecule has 1 amide bonds. The van der Waals surface area contributed by atoms with Crippen molar-refractivity contribution >= 4 is 18.5 Å². The summed E-state index contributed by atoms with van der Waals surface area (Å²) in [5, 5.41) is 2.86. The van der Waals surface area contributed by atoms with Crippen molar-refractivity contribution in [1.82, 2.24) is 5.32 Å². The van der Waals surface area contributed by atoms with Crippen LogP contribution in [-0.2, 0) is 4.74 Å². The lowest BCUT2D eigenvalue weighted by molar-refractivity contribution is 0.0922. The smallest absolute Gasteiger partial charge is 0.252 e. The molecule has 0 unspecified atom stereocenters. The van der Waals surface area contributed by atoms with Crippen molar-refractivity contribution in [3.63, 3.8) is 0 Å². The van der Waals surface area contributed by atoms with E-state index in [4.69, 9.17) is 4.74 Å². The van der Waals surface area contributed by atoms with Gasteiger partial charge in [-0.05, 0) is 24.5 Å². The van der Waals surface area contributed by atoms with E-state index < -0.39 is 0 Å². The number of benzene rings is 1. The van der Waals surface area contributed by atoms with Gasteiger partial charge < -0.3 is 10.1 Å². The number of hydrogen-bond donors (Lipinski definition) is 2. The Kier molecular flexibility index (Phi) is 6.83. The fraction of sp³-hybridized carbons (Fsp3) is 0.500. The lowest BCUT2D eigenvalue weighted by atomic mass is 10.2. The van der Waals surface area contributed by atoms with E-state index in [2.05, 4.69) is 31.8 Å². The quantitative estimate of drug-likeness (QED) is 0.589. The Morgan fingerprint density at radius 3 is 2.78 bits per heavy atom. The van der Waals surface area contributed by atoms with Gasteiger partial charge >= 0.3 is 0 Å². The van der Waals surface area contributed by atoms with Crippen LogP contribution in [0.5, 0.6) is 0 Å². The van der Waals surface area contributed by atoms with Gasteiger partial charge in [0.25, 0.3) is 5.91 Å². The highest BCUT2D eigenvalue weighted by Crippen LogP contribution is 2.12. The first-order valence-corrected chi connectivity index (χ1v) is 6.70. The number of rotatable bonds is 7. The Balaban J connectivity index is 2.20. The molecule has 0 heterocycles. The number of ether oxygens (including phenoxy) is 1. The van der Waals surface area contributed by atoms with Crippen LogP contribution in [0.25, 0.3) is 0 Å².